The Morgan fingerprint density at radius 2 is 1.93 bits per heavy atom. The van der Waals surface area contributed by atoms with Crippen molar-refractivity contribution < 1.29 is 19.8 Å². The van der Waals surface area contributed by atoms with Crippen LogP contribution in [-0.2, 0) is 9.59 Å². The number of carboxylic acids is 1. The largest absolute Gasteiger partial charge is 0.481 e. The molecule has 15 heavy (non-hydrogen) atoms. The highest BCUT2D eigenvalue weighted by Crippen LogP contribution is 2.02. The first-order valence-corrected chi connectivity index (χ1v) is 5.18. The van der Waals surface area contributed by atoms with Crippen LogP contribution in [0.15, 0.2) is 0 Å². The molecule has 0 saturated carbocycles. The number of aliphatic hydroxyl groups excluding tert-OH is 1. The van der Waals surface area contributed by atoms with Crippen LogP contribution in [0.3, 0.4) is 0 Å². The van der Waals surface area contributed by atoms with Crippen LogP contribution < -0.4 is 0 Å². The van der Waals surface area contributed by atoms with Crippen LogP contribution in [-0.4, -0.2) is 46.2 Å². The molecule has 0 fully saturated rings. The van der Waals surface area contributed by atoms with Crippen LogP contribution in [0, 0.1) is 0 Å². The number of carbonyl (C=O) groups excluding carboxylic acids is 1. The van der Waals surface area contributed by atoms with E-state index in [-0.39, 0.29) is 25.3 Å². The second-order valence-corrected chi connectivity index (χ2v) is 3.37. The number of rotatable bonds is 7. The van der Waals surface area contributed by atoms with Gasteiger partial charge in [0.1, 0.15) is 0 Å². The average Bonchev–Trinajstić information content (AvgIpc) is 2.21. The van der Waals surface area contributed by atoms with Gasteiger partial charge >= 0.3 is 5.97 Å². The van der Waals surface area contributed by atoms with Gasteiger partial charge in [0, 0.05) is 25.9 Å². The molecule has 5 nitrogen and oxygen atoms in total. The summed E-state index contributed by atoms with van der Waals surface area (Å²) < 4.78 is 0. The lowest BCUT2D eigenvalue weighted by Gasteiger charge is -2.23. The number of aliphatic carboxylic acids is 1. The monoisotopic (exact) mass is 217 g/mol. The van der Waals surface area contributed by atoms with E-state index in [1.165, 1.54) is 4.90 Å². The molecule has 1 unspecified atom stereocenters. The van der Waals surface area contributed by atoms with Crippen LogP contribution >= 0.6 is 0 Å². The van der Waals surface area contributed by atoms with Crippen LogP contribution in [0.4, 0.5) is 0 Å². The highest BCUT2D eigenvalue weighted by atomic mass is 16.4. The number of aliphatic hydroxyl groups is 1. The zero-order valence-corrected chi connectivity index (χ0v) is 9.27. The molecule has 0 heterocycles. The van der Waals surface area contributed by atoms with E-state index in [2.05, 4.69) is 0 Å². The van der Waals surface area contributed by atoms with Gasteiger partial charge in [0.15, 0.2) is 0 Å². The third kappa shape index (κ3) is 6.06. The van der Waals surface area contributed by atoms with Gasteiger partial charge in [-0.05, 0) is 13.3 Å². The Morgan fingerprint density at radius 1 is 1.33 bits per heavy atom. The Bertz CT molecular complexity index is 217. The minimum atomic E-state index is -0.932. The lowest BCUT2D eigenvalue weighted by Crippen LogP contribution is -2.37. The number of nitrogens with zero attached hydrogens (tertiary/aromatic N) is 1. The van der Waals surface area contributed by atoms with Crippen LogP contribution in [0.25, 0.3) is 0 Å². The molecule has 0 spiro atoms. The first-order valence-electron chi connectivity index (χ1n) is 5.18. The summed E-state index contributed by atoms with van der Waals surface area (Å²) in [5.41, 5.74) is 0. The molecule has 0 aromatic heterocycles. The first-order chi connectivity index (χ1) is 7.01. The van der Waals surface area contributed by atoms with Crippen molar-refractivity contribution in [3.63, 3.8) is 0 Å². The lowest BCUT2D eigenvalue weighted by molar-refractivity contribution is -0.137. The molecule has 0 aliphatic carbocycles. The molecule has 2 N–H and O–H groups in total. The summed E-state index contributed by atoms with van der Waals surface area (Å²) in [4.78, 5) is 23.1. The van der Waals surface area contributed by atoms with Gasteiger partial charge in [-0.15, -0.1) is 0 Å². The SMILES string of the molecule is CCC(=O)N(CC)CC(O)CCC(=O)O. The van der Waals surface area contributed by atoms with E-state index >= 15 is 0 Å². The summed E-state index contributed by atoms with van der Waals surface area (Å²) in [5.74, 6) is -0.953. The van der Waals surface area contributed by atoms with Gasteiger partial charge in [-0.25, -0.2) is 0 Å². The Labute approximate surface area is 89.7 Å². The molecule has 0 rings (SSSR count). The second-order valence-electron chi connectivity index (χ2n) is 3.37. The van der Waals surface area contributed by atoms with E-state index in [4.69, 9.17) is 5.11 Å². The van der Waals surface area contributed by atoms with E-state index in [0.717, 1.165) is 0 Å². The molecule has 1 amide bonds. The van der Waals surface area contributed by atoms with Crippen molar-refractivity contribution in [3.8, 4) is 0 Å². The van der Waals surface area contributed by atoms with Crippen LogP contribution in [0.1, 0.15) is 33.1 Å². The van der Waals surface area contributed by atoms with Gasteiger partial charge < -0.3 is 15.1 Å². The van der Waals surface area contributed by atoms with E-state index in [9.17, 15) is 14.7 Å². The normalized spacial score (nSPS) is 12.2. The molecule has 0 aliphatic heterocycles. The smallest absolute Gasteiger partial charge is 0.303 e. The molecular formula is C10H19NO4. The predicted octanol–water partition coefficient (Wildman–Crippen LogP) is 0.471. The van der Waals surface area contributed by atoms with Crippen molar-refractivity contribution >= 4 is 11.9 Å². The topological polar surface area (TPSA) is 77.8 Å². The number of likely N-dealkylation sites (N-methyl/N-ethyl adjacent to an activating group) is 1. The fraction of sp³-hybridized carbons (Fsp3) is 0.800. The van der Waals surface area contributed by atoms with Crippen LogP contribution in [0.2, 0.25) is 0 Å². The maximum absolute atomic E-state index is 11.3. The summed E-state index contributed by atoms with van der Waals surface area (Å²) in [6.45, 7) is 4.35. The van der Waals surface area contributed by atoms with Crippen LogP contribution in [0.5, 0.6) is 0 Å². The Kier molecular flexibility index (Phi) is 6.70. The van der Waals surface area contributed by atoms with Crippen molar-refractivity contribution in [2.24, 2.45) is 0 Å². The van der Waals surface area contributed by atoms with Gasteiger partial charge in [0.05, 0.1) is 6.10 Å². The minimum absolute atomic E-state index is 0.0214. The predicted molar refractivity (Wildman–Crippen MR) is 55.4 cm³/mol. The minimum Gasteiger partial charge on any atom is -0.481 e. The molecule has 88 valence electrons. The zero-order valence-electron chi connectivity index (χ0n) is 9.27. The molecule has 0 saturated heterocycles. The number of carboxylic acid groups (broad SMARTS) is 1. The molecule has 0 aromatic rings. The quantitative estimate of drug-likeness (QED) is 0.650. The Hall–Kier alpha value is -1.10. The fourth-order valence-electron chi connectivity index (χ4n) is 1.27. The first kappa shape index (κ1) is 13.9. The van der Waals surface area contributed by atoms with Crippen molar-refractivity contribution in [2.45, 2.75) is 39.2 Å². The van der Waals surface area contributed by atoms with Gasteiger partial charge in [0.2, 0.25) is 5.91 Å². The highest BCUT2D eigenvalue weighted by molar-refractivity contribution is 5.75. The number of hydrogen-bond donors (Lipinski definition) is 2. The van der Waals surface area contributed by atoms with Gasteiger partial charge in [-0.2, -0.15) is 0 Å². The standard InChI is InChI=1S/C10H19NO4/c1-3-9(13)11(4-2)7-8(12)5-6-10(14)15/h8,12H,3-7H2,1-2H3,(H,14,15). The summed E-state index contributed by atoms with van der Waals surface area (Å²) >= 11 is 0. The third-order valence-corrected chi connectivity index (χ3v) is 2.16. The summed E-state index contributed by atoms with van der Waals surface area (Å²) in [5, 5.41) is 17.9. The van der Waals surface area contributed by atoms with E-state index in [1.807, 2.05) is 6.92 Å². The highest BCUT2D eigenvalue weighted by Gasteiger charge is 2.15. The molecule has 0 radical (unpaired) electrons. The molecular weight excluding hydrogens is 198 g/mol. The van der Waals surface area contributed by atoms with Gasteiger partial charge in [-0.1, -0.05) is 6.92 Å². The van der Waals surface area contributed by atoms with E-state index in [1.54, 1.807) is 6.92 Å². The number of carbonyl (C=O) groups is 2. The summed E-state index contributed by atoms with van der Waals surface area (Å²) in [7, 11) is 0. The number of hydrogen-bond acceptors (Lipinski definition) is 3. The van der Waals surface area contributed by atoms with Crippen molar-refractivity contribution in [3.05, 3.63) is 0 Å². The average molecular weight is 217 g/mol. The molecule has 0 aliphatic rings. The van der Waals surface area contributed by atoms with E-state index < -0.39 is 12.1 Å². The Morgan fingerprint density at radius 3 is 2.33 bits per heavy atom. The maximum atomic E-state index is 11.3. The summed E-state index contributed by atoms with van der Waals surface area (Å²) in [6.07, 6.45) is -0.238. The zero-order chi connectivity index (χ0) is 11.8. The molecule has 0 aromatic carbocycles. The fourth-order valence-corrected chi connectivity index (χ4v) is 1.27. The van der Waals surface area contributed by atoms with Crippen molar-refractivity contribution in [1.82, 2.24) is 4.90 Å². The van der Waals surface area contributed by atoms with Crippen molar-refractivity contribution in [1.29, 1.82) is 0 Å². The van der Waals surface area contributed by atoms with E-state index in [0.29, 0.717) is 13.0 Å². The lowest BCUT2D eigenvalue weighted by atomic mass is 10.2. The van der Waals surface area contributed by atoms with Crippen molar-refractivity contribution in [2.75, 3.05) is 13.1 Å². The maximum Gasteiger partial charge on any atom is 0.303 e. The number of amides is 1. The molecule has 5 heteroatoms. The molecule has 1 atom stereocenters. The van der Waals surface area contributed by atoms with Gasteiger partial charge in [0.25, 0.3) is 0 Å². The Balaban J connectivity index is 3.95. The van der Waals surface area contributed by atoms with Gasteiger partial charge in [-0.3, -0.25) is 9.59 Å². The molecule has 0 bridgehead atoms. The second kappa shape index (κ2) is 7.23. The summed E-state index contributed by atoms with van der Waals surface area (Å²) in [6, 6.07) is 0. The third-order valence-electron chi connectivity index (χ3n) is 2.16.